The molecular formula is C14H16ClFN2S. The number of aromatic nitrogens is 1. The van der Waals surface area contributed by atoms with E-state index in [2.05, 4.69) is 10.3 Å². The number of hydrogen-bond acceptors (Lipinski definition) is 3. The highest BCUT2D eigenvalue weighted by molar-refractivity contribution is 7.11. The van der Waals surface area contributed by atoms with Gasteiger partial charge in [-0.15, -0.1) is 11.3 Å². The molecule has 1 N–H and O–H groups in total. The lowest BCUT2D eigenvalue weighted by molar-refractivity contribution is 0.594. The van der Waals surface area contributed by atoms with E-state index < -0.39 is 0 Å². The van der Waals surface area contributed by atoms with E-state index in [1.807, 2.05) is 20.9 Å². The van der Waals surface area contributed by atoms with E-state index in [-0.39, 0.29) is 16.9 Å². The van der Waals surface area contributed by atoms with Gasteiger partial charge in [-0.1, -0.05) is 17.7 Å². The van der Waals surface area contributed by atoms with E-state index in [1.165, 1.54) is 10.9 Å². The van der Waals surface area contributed by atoms with Crippen LogP contribution in [0.1, 0.15) is 27.2 Å². The number of thiazole rings is 1. The van der Waals surface area contributed by atoms with Crippen molar-refractivity contribution < 1.29 is 4.39 Å². The first-order valence-electron chi connectivity index (χ1n) is 6.06. The molecule has 19 heavy (non-hydrogen) atoms. The molecule has 0 aliphatic carbocycles. The smallest absolute Gasteiger partial charge is 0.141 e. The summed E-state index contributed by atoms with van der Waals surface area (Å²) in [7, 11) is 1.92. The van der Waals surface area contributed by atoms with Gasteiger partial charge in [0, 0.05) is 10.9 Å². The average Bonchev–Trinajstić information content (AvgIpc) is 2.70. The van der Waals surface area contributed by atoms with Crippen LogP contribution in [0, 0.1) is 19.7 Å². The Labute approximate surface area is 121 Å². The van der Waals surface area contributed by atoms with Crippen LogP contribution in [-0.4, -0.2) is 12.0 Å². The Bertz CT molecular complexity index is 583. The van der Waals surface area contributed by atoms with Crippen molar-refractivity contribution in [3.05, 3.63) is 50.2 Å². The monoisotopic (exact) mass is 298 g/mol. The Hall–Kier alpha value is -0.970. The van der Waals surface area contributed by atoms with Gasteiger partial charge in [-0.2, -0.15) is 0 Å². The fourth-order valence-corrected chi connectivity index (χ4v) is 3.34. The normalized spacial score (nSPS) is 12.7. The molecule has 0 aliphatic rings. The van der Waals surface area contributed by atoms with Crippen LogP contribution in [0.2, 0.25) is 5.02 Å². The highest BCUT2D eigenvalue weighted by Crippen LogP contribution is 2.28. The molecular weight excluding hydrogens is 283 g/mol. The van der Waals surface area contributed by atoms with Gasteiger partial charge < -0.3 is 5.32 Å². The molecule has 0 amide bonds. The summed E-state index contributed by atoms with van der Waals surface area (Å²) in [6.45, 7) is 4.02. The summed E-state index contributed by atoms with van der Waals surface area (Å²) in [4.78, 5) is 5.67. The molecule has 0 bridgehead atoms. The standard InChI is InChI=1S/C14H16ClFN2S/c1-8-14(19-9(2)18-8)13(17-3)7-10-4-5-12(16)11(15)6-10/h4-6,13,17H,7H2,1-3H3. The van der Waals surface area contributed by atoms with Crippen LogP contribution in [0.25, 0.3) is 0 Å². The van der Waals surface area contributed by atoms with E-state index in [0.29, 0.717) is 0 Å². The number of aryl methyl sites for hydroxylation is 2. The predicted molar refractivity (Wildman–Crippen MR) is 78.5 cm³/mol. The fraction of sp³-hybridized carbons (Fsp3) is 0.357. The van der Waals surface area contributed by atoms with E-state index in [1.54, 1.807) is 23.5 Å². The lowest BCUT2D eigenvalue weighted by Crippen LogP contribution is -2.18. The van der Waals surface area contributed by atoms with Crippen molar-refractivity contribution in [3.8, 4) is 0 Å². The number of rotatable bonds is 4. The van der Waals surface area contributed by atoms with Crippen LogP contribution in [0.15, 0.2) is 18.2 Å². The van der Waals surface area contributed by atoms with Gasteiger partial charge in [0.15, 0.2) is 0 Å². The highest BCUT2D eigenvalue weighted by atomic mass is 35.5. The van der Waals surface area contributed by atoms with Gasteiger partial charge >= 0.3 is 0 Å². The van der Waals surface area contributed by atoms with Crippen molar-refractivity contribution in [1.29, 1.82) is 0 Å². The molecule has 0 aliphatic heterocycles. The molecule has 0 spiro atoms. The van der Waals surface area contributed by atoms with Crippen LogP contribution in [0.3, 0.4) is 0 Å². The average molecular weight is 299 g/mol. The molecule has 1 heterocycles. The summed E-state index contributed by atoms with van der Waals surface area (Å²) in [5.74, 6) is -0.378. The Morgan fingerprint density at radius 3 is 2.68 bits per heavy atom. The number of benzene rings is 1. The van der Waals surface area contributed by atoms with Crippen LogP contribution in [0.4, 0.5) is 4.39 Å². The minimum absolute atomic E-state index is 0.171. The summed E-state index contributed by atoms with van der Waals surface area (Å²) in [5.41, 5.74) is 2.06. The maximum Gasteiger partial charge on any atom is 0.141 e. The second-order valence-corrected chi connectivity index (χ2v) is 6.12. The van der Waals surface area contributed by atoms with Crippen molar-refractivity contribution in [1.82, 2.24) is 10.3 Å². The van der Waals surface area contributed by atoms with E-state index >= 15 is 0 Å². The molecule has 1 aromatic heterocycles. The third kappa shape index (κ3) is 3.32. The zero-order valence-corrected chi connectivity index (χ0v) is 12.7. The summed E-state index contributed by atoms with van der Waals surface area (Å²) < 4.78 is 13.2. The van der Waals surface area contributed by atoms with E-state index in [4.69, 9.17) is 11.6 Å². The SMILES string of the molecule is CNC(Cc1ccc(F)c(Cl)c1)c1sc(C)nc1C. The Morgan fingerprint density at radius 2 is 2.16 bits per heavy atom. The van der Waals surface area contributed by atoms with Gasteiger partial charge in [-0.25, -0.2) is 9.37 Å². The van der Waals surface area contributed by atoms with Crippen molar-refractivity contribution in [3.63, 3.8) is 0 Å². The van der Waals surface area contributed by atoms with Crippen LogP contribution >= 0.6 is 22.9 Å². The van der Waals surface area contributed by atoms with Crippen molar-refractivity contribution in [2.24, 2.45) is 0 Å². The summed E-state index contributed by atoms with van der Waals surface area (Å²) in [5, 5.41) is 4.52. The summed E-state index contributed by atoms with van der Waals surface area (Å²) >= 11 is 7.51. The maximum absolute atomic E-state index is 13.2. The minimum Gasteiger partial charge on any atom is -0.312 e. The first kappa shape index (κ1) is 14.4. The molecule has 0 fully saturated rings. The molecule has 1 atom stereocenters. The fourth-order valence-electron chi connectivity index (χ4n) is 2.10. The number of halogens is 2. The molecule has 0 saturated carbocycles. The van der Waals surface area contributed by atoms with Gasteiger partial charge in [-0.3, -0.25) is 0 Å². The largest absolute Gasteiger partial charge is 0.312 e. The second kappa shape index (κ2) is 5.99. The number of nitrogens with one attached hydrogen (secondary N) is 1. The zero-order chi connectivity index (χ0) is 14.0. The molecule has 5 heteroatoms. The number of nitrogens with zero attached hydrogens (tertiary/aromatic N) is 1. The topological polar surface area (TPSA) is 24.9 Å². The van der Waals surface area contributed by atoms with Gasteiger partial charge in [0.2, 0.25) is 0 Å². The lowest BCUT2D eigenvalue weighted by Gasteiger charge is -2.15. The molecule has 2 aromatic rings. The quantitative estimate of drug-likeness (QED) is 0.921. The molecule has 1 aromatic carbocycles. The first-order valence-corrected chi connectivity index (χ1v) is 7.26. The Kier molecular flexibility index (Phi) is 4.55. The number of hydrogen-bond donors (Lipinski definition) is 1. The third-order valence-electron chi connectivity index (χ3n) is 3.03. The van der Waals surface area contributed by atoms with Crippen molar-refractivity contribution >= 4 is 22.9 Å². The van der Waals surface area contributed by atoms with E-state index in [0.717, 1.165) is 22.7 Å². The van der Waals surface area contributed by atoms with Crippen LogP contribution in [0.5, 0.6) is 0 Å². The van der Waals surface area contributed by atoms with Crippen molar-refractivity contribution in [2.75, 3.05) is 7.05 Å². The Morgan fingerprint density at radius 1 is 1.42 bits per heavy atom. The zero-order valence-electron chi connectivity index (χ0n) is 11.1. The summed E-state index contributed by atoms with van der Waals surface area (Å²) in [6.07, 6.45) is 0.763. The van der Waals surface area contributed by atoms with Crippen LogP contribution < -0.4 is 5.32 Å². The van der Waals surface area contributed by atoms with Crippen molar-refractivity contribution in [2.45, 2.75) is 26.3 Å². The predicted octanol–water partition coefficient (Wildman–Crippen LogP) is 4.06. The molecule has 0 radical (unpaired) electrons. The molecule has 1 unspecified atom stereocenters. The first-order chi connectivity index (χ1) is 9.01. The van der Waals surface area contributed by atoms with Gasteiger partial charge in [-0.05, 0) is 45.0 Å². The third-order valence-corrected chi connectivity index (χ3v) is 4.50. The maximum atomic E-state index is 13.2. The molecule has 0 saturated heterocycles. The number of likely N-dealkylation sites (N-methyl/N-ethyl adjacent to an activating group) is 1. The van der Waals surface area contributed by atoms with E-state index in [9.17, 15) is 4.39 Å². The summed E-state index contributed by atoms with van der Waals surface area (Å²) in [6, 6.07) is 5.04. The molecule has 2 rings (SSSR count). The van der Waals surface area contributed by atoms with Gasteiger partial charge in [0.05, 0.1) is 15.7 Å². The minimum atomic E-state index is -0.378. The van der Waals surface area contributed by atoms with Gasteiger partial charge in [0.25, 0.3) is 0 Å². The second-order valence-electron chi connectivity index (χ2n) is 4.48. The Balaban J connectivity index is 2.23. The highest BCUT2D eigenvalue weighted by Gasteiger charge is 2.16. The lowest BCUT2D eigenvalue weighted by atomic mass is 10.0. The van der Waals surface area contributed by atoms with Gasteiger partial charge in [0.1, 0.15) is 5.82 Å². The molecule has 2 nitrogen and oxygen atoms in total. The molecule has 102 valence electrons. The van der Waals surface area contributed by atoms with Crippen LogP contribution in [-0.2, 0) is 6.42 Å².